The van der Waals surface area contributed by atoms with Crippen LogP contribution in [0.5, 0.6) is 0 Å². The minimum Gasteiger partial charge on any atom is -0.369 e. The van der Waals surface area contributed by atoms with Crippen LogP contribution in [0.1, 0.15) is 23.7 Å². The van der Waals surface area contributed by atoms with Gasteiger partial charge in [-0.2, -0.15) is 0 Å². The fourth-order valence-corrected chi connectivity index (χ4v) is 3.23. The zero-order valence-electron chi connectivity index (χ0n) is 14.8. The van der Waals surface area contributed by atoms with Crippen molar-refractivity contribution < 1.29 is 9.59 Å². The normalized spacial score (nSPS) is 16.9. The number of aromatic nitrogens is 4. The lowest BCUT2D eigenvalue weighted by Gasteiger charge is -2.14. The average molecular weight is 365 g/mol. The zero-order chi connectivity index (χ0) is 19.0. The molecular weight excluding hydrogens is 346 g/mol. The number of nitrogens with one attached hydrogen (secondary N) is 1. The second-order valence-electron chi connectivity index (χ2n) is 6.44. The number of amides is 2. The van der Waals surface area contributed by atoms with Gasteiger partial charge in [0.15, 0.2) is 5.65 Å². The van der Waals surface area contributed by atoms with E-state index in [1.54, 1.807) is 27.5 Å². The summed E-state index contributed by atoms with van der Waals surface area (Å²) in [5.41, 5.74) is 8.52. The fraction of sp³-hybridized carbons (Fsp3) is 0.278. The van der Waals surface area contributed by atoms with Crippen molar-refractivity contribution in [1.82, 2.24) is 29.8 Å². The number of hydrogen-bond donors (Lipinski definition) is 2. The highest BCUT2D eigenvalue weighted by atomic mass is 16.2. The van der Waals surface area contributed by atoms with E-state index in [4.69, 9.17) is 5.73 Å². The van der Waals surface area contributed by atoms with Gasteiger partial charge in [0.2, 0.25) is 11.9 Å². The predicted molar refractivity (Wildman–Crippen MR) is 98.8 cm³/mol. The van der Waals surface area contributed by atoms with E-state index in [0.29, 0.717) is 42.4 Å². The summed E-state index contributed by atoms with van der Waals surface area (Å²) in [5.74, 6) is 0.170. The summed E-state index contributed by atoms with van der Waals surface area (Å²) in [5, 5.41) is 10.7. The van der Waals surface area contributed by atoms with Gasteiger partial charge in [-0.25, -0.2) is 4.98 Å². The van der Waals surface area contributed by atoms with E-state index in [-0.39, 0.29) is 17.9 Å². The molecule has 3 heterocycles. The Bertz CT molecular complexity index is 1010. The molecule has 1 aliphatic rings. The number of nitrogen functional groups attached to an aromatic ring is 1. The largest absolute Gasteiger partial charge is 0.369 e. The van der Waals surface area contributed by atoms with E-state index in [0.717, 1.165) is 5.56 Å². The predicted octanol–water partition coefficient (Wildman–Crippen LogP) is 0.724. The Morgan fingerprint density at radius 3 is 2.81 bits per heavy atom. The topological polar surface area (TPSA) is 119 Å². The highest BCUT2D eigenvalue weighted by Crippen LogP contribution is 2.21. The molecule has 0 spiro atoms. The van der Waals surface area contributed by atoms with Gasteiger partial charge < -0.3 is 16.0 Å². The molecule has 9 nitrogen and oxygen atoms in total. The van der Waals surface area contributed by atoms with Crippen molar-refractivity contribution in [3.05, 3.63) is 42.2 Å². The van der Waals surface area contributed by atoms with Crippen molar-refractivity contribution in [3.63, 3.8) is 0 Å². The first-order valence-corrected chi connectivity index (χ1v) is 8.70. The number of hydrogen-bond acceptors (Lipinski definition) is 6. The third-order valence-electron chi connectivity index (χ3n) is 4.70. The molecule has 0 aliphatic carbocycles. The van der Waals surface area contributed by atoms with Gasteiger partial charge in [0.25, 0.3) is 5.91 Å². The molecule has 138 valence electrons. The highest BCUT2D eigenvalue weighted by Gasteiger charge is 2.29. The highest BCUT2D eigenvalue weighted by molar-refractivity contribution is 5.95. The molecule has 27 heavy (non-hydrogen) atoms. The molecule has 0 bridgehead atoms. The standard InChI is InChI=1S/C18H19N7O2/c1-2-24-9-13(7-16(24)26)21-17(27)12-5-3-11(4-6-12)14-8-15-23-20-10-25(15)18(19)22-14/h3-6,8,10,13H,2,7,9H2,1H3,(H2,19,22)(H,21,27)/t13-/m1/s1. The van der Waals surface area contributed by atoms with Crippen LogP contribution in [0, 0.1) is 0 Å². The number of likely N-dealkylation sites (N-methyl/N-ethyl adjacent to an activating group) is 1. The second-order valence-corrected chi connectivity index (χ2v) is 6.44. The molecule has 3 N–H and O–H groups in total. The quantitative estimate of drug-likeness (QED) is 0.703. The van der Waals surface area contributed by atoms with Crippen LogP contribution in [0.3, 0.4) is 0 Å². The van der Waals surface area contributed by atoms with Gasteiger partial charge in [0.1, 0.15) is 6.33 Å². The van der Waals surface area contributed by atoms with Crippen molar-refractivity contribution in [2.45, 2.75) is 19.4 Å². The molecule has 2 amide bonds. The van der Waals surface area contributed by atoms with Crippen molar-refractivity contribution >= 4 is 23.4 Å². The van der Waals surface area contributed by atoms with Gasteiger partial charge >= 0.3 is 0 Å². The van der Waals surface area contributed by atoms with Gasteiger partial charge in [-0.15, -0.1) is 10.2 Å². The Hall–Kier alpha value is -3.49. The molecule has 0 radical (unpaired) electrons. The molecule has 1 fully saturated rings. The van der Waals surface area contributed by atoms with Crippen molar-refractivity contribution in [2.24, 2.45) is 0 Å². The Kier molecular flexibility index (Phi) is 4.19. The maximum atomic E-state index is 12.4. The zero-order valence-corrected chi connectivity index (χ0v) is 14.8. The average Bonchev–Trinajstić information content (AvgIpc) is 3.28. The molecule has 4 rings (SSSR count). The van der Waals surface area contributed by atoms with E-state index in [2.05, 4.69) is 20.5 Å². The summed E-state index contributed by atoms with van der Waals surface area (Å²) in [4.78, 5) is 30.3. The number of carbonyl (C=O) groups excluding carboxylic acids is 2. The van der Waals surface area contributed by atoms with Crippen molar-refractivity contribution in [1.29, 1.82) is 0 Å². The second kappa shape index (κ2) is 6.67. The minimum absolute atomic E-state index is 0.0747. The number of fused-ring (bicyclic) bond motifs is 1. The van der Waals surface area contributed by atoms with E-state index < -0.39 is 0 Å². The van der Waals surface area contributed by atoms with Crippen LogP contribution >= 0.6 is 0 Å². The summed E-state index contributed by atoms with van der Waals surface area (Å²) in [6.07, 6.45) is 1.85. The molecule has 1 aromatic carbocycles. The Morgan fingerprint density at radius 2 is 2.11 bits per heavy atom. The summed E-state index contributed by atoms with van der Waals surface area (Å²) >= 11 is 0. The molecule has 0 unspecified atom stereocenters. The van der Waals surface area contributed by atoms with E-state index >= 15 is 0 Å². The molecule has 1 saturated heterocycles. The Morgan fingerprint density at radius 1 is 1.33 bits per heavy atom. The molecule has 1 aliphatic heterocycles. The first-order valence-electron chi connectivity index (χ1n) is 8.70. The van der Waals surface area contributed by atoms with Crippen LogP contribution in [0.2, 0.25) is 0 Å². The third kappa shape index (κ3) is 3.19. The number of carbonyl (C=O) groups is 2. The Labute approximate surface area is 155 Å². The summed E-state index contributed by atoms with van der Waals surface area (Å²) in [7, 11) is 0. The number of nitrogens with two attached hydrogens (primary N) is 1. The molecule has 0 saturated carbocycles. The number of benzene rings is 1. The van der Waals surface area contributed by atoms with Gasteiger partial charge in [-0.3, -0.25) is 14.0 Å². The molecule has 9 heteroatoms. The maximum Gasteiger partial charge on any atom is 0.251 e. The number of likely N-dealkylation sites (tertiary alicyclic amines) is 1. The van der Waals surface area contributed by atoms with Gasteiger partial charge in [-0.05, 0) is 19.1 Å². The van der Waals surface area contributed by atoms with E-state index in [1.165, 1.54) is 6.33 Å². The maximum absolute atomic E-state index is 12.4. The Balaban J connectivity index is 1.50. The lowest BCUT2D eigenvalue weighted by molar-refractivity contribution is -0.127. The molecule has 3 aromatic rings. The van der Waals surface area contributed by atoms with Crippen LogP contribution in [0.25, 0.3) is 16.9 Å². The van der Waals surface area contributed by atoms with E-state index in [1.807, 2.05) is 19.1 Å². The number of anilines is 1. The SMILES string of the molecule is CCN1C[C@H](NC(=O)c2ccc(-c3cc4nncn4c(N)n3)cc2)CC1=O. The smallest absolute Gasteiger partial charge is 0.251 e. The van der Waals surface area contributed by atoms with Crippen LogP contribution < -0.4 is 11.1 Å². The minimum atomic E-state index is -0.197. The number of rotatable bonds is 4. The monoisotopic (exact) mass is 365 g/mol. The van der Waals surface area contributed by atoms with Gasteiger partial charge in [0.05, 0.1) is 11.7 Å². The molecule has 2 aromatic heterocycles. The van der Waals surface area contributed by atoms with Crippen LogP contribution in [-0.2, 0) is 4.79 Å². The first kappa shape index (κ1) is 17.0. The van der Waals surface area contributed by atoms with Crippen LogP contribution in [0.15, 0.2) is 36.7 Å². The van der Waals surface area contributed by atoms with Crippen LogP contribution in [0.4, 0.5) is 5.95 Å². The summed E-state index contributed by atoms with van der Waals surface area (Å²) < 4.78 is 1.59. The van der Waals surface area contributed by atoms with Crippen LogP contribution in [-0.4, -0.2) is 55.4 Å². The molecular formula is C18H19N7O2. The van der Waals surface area contributed by atoms with Crippen molar-refractivity contribution in [3.8, 4) is 11.3 Å². The molecule has 1 atom stereocenters. The number of nitrogens with zero attached hydrogens (tertiary/aromatic N) is 5. The van der Waals surface area contributed by atoms with Gasteiger partial charge in [0, 0.05) is 36.7 Å². The lowest BCUT2D eigenvalue weighted by Crippen LogP contribution is -2.37. The summed E-state index contributed by atoms with van der Waals surface area (Å²) in [6, 6.07) is 8.70. The first-order chi connectivity index (χ1) is 13.0. The van der Waals surface area contributed by atoms with Crippen molar-refractivity contribution in [2.75, 3.05) is 18.8 Å². The third-order valence-corrected chi connectivity index (χ3v) is 4.70. The summed E-state index contributed by atoms with van der Waals surface area (Å²) in [6.45, 7) is 3.14. The van der Waals surface area contributed by atoms with Gasteiger partial charge in [-0.1, -0.05) is 12.1 Å². The van der Waals surface area contributed by atoms with E-state index in [9.17, 15) is 9.59 Å². The lowest BCUT2D eigenvalue weighted by atomic mass is 10.1. The fourth-order valence-electron chi connectivity index (χ4n) is 3.23.